The van der Waals surface area contributed by atoms with Gasteiger partial charge in [-0.2, -0.15) is 0 Å². The van der Waals surface area contributed by atoms with Crippen LogP contribution >= 0.6 is 23.5 Å². The molecule has 334 valence electrons. The molecular weight excluding hydrogens is 897 g/mol. The van der Waals surface area contributed by atoms with Gasteiger partial charge in [-0.25, -0.2) is 0 Å². The van der Waals surface area contributed by atoms with Gasteiger partial charge in [0.25, 0.3) is 0 Å². The second-order valence-corrected chi connectivity index (χ2v) is 20.6. The van der Waals surface area contributed by atoms with Crippen LogP contribution < -0.4 is 9.80 Å². The molecule has 2 aliphatic rings. The standard InChI is InChI=1S/C67H44N2S2/c1-43-40-60-58-36-34-52(68(48-18-4-2-5-19-48)50-30-26-46(27-31-50)56-24-12-16-44-14-8-10-22-54(44)56)41-63(58)70-61-38-39-62-67(66(60)61)65(43)59-37-35-53(42-64(59)71-62)69(49-20-6-3-7-21-49)51-32-28-47(29-33-51)57-25-13-17-45-15-9-11-23-55(45)57/h2-42H,1H3. The minimum absolute atomic E-state index is 1.12. The van der Waals surface area contributed by atoms with Crippen molar-refractivity contribution in [3.8, 4) is 44.5 Å². The summed E-state index contributed by atoms with van der Waals surface area (Å²) in [5.74, 6) is 0. The Kier molecular flexibility index (Phi) is 9.97. The quantitative estimate of drug-likeness (QED) is 0.150. The molecule has 0 saturated heterocycles. The van der Waals surface area contributed by atoms with Gasteiger partial charge in [-0.15, -0.1) is 0 Å². The predicted molar refractivity (Wildman–Crippen MR) is 303 cm³/mol. The van der Waals surface area contributed by atoms with E-state index in [2.05, 4.69) is 265 Å². The lowest BCUT2D eigenvalue weighted by Gasteiger charge is -2.31. The molecule has 0 saturated carbocycles. The highest BCUT2D eigenvalue weighted by atomic mass is 32.2. The Labute approximate surface area is 422 Å². The Hall–Kier alpha value is -8.28. The van der Waals surface area contributed by atoms with Crippen molar-refractivity contribution < 1.29 is 0 Å². The SMILES string of the molecule is Cc1cc2c3c(ccc4c3c1-c1ccc(N(c3ccccc3)c3ccc(-c5cccc6ccccc56)cc3)cc1S4)Sc1cc(N(c3ccccc3)c3ccc(-c4cccc5ccccc45)cc3)ccc1-2. The smallest absolute Gasteiger partial charge is 0.0473 e. The lowest BCUT2D eigenvalue weighted by molar-refractivity contribution is 1.25. The lowest BCUT2D eigenvalue weighted by Crippen LogP contribution is -2.11. The summed E-state index contributed by atoms with van der Waals surface area (Å²) in [6.45, 7) is 2.30. The molecule has 0 aliphatic carbocycles. The van der Waals surface area contributed by atoms with Crippen molar-refractivity contribution >= 4 is 90.0 Å². The van der Waals surface area contributed by atoms with Crippen molar-refractivity contribution in [1.29, 1.82) is 0 Å². The molecule has 0 radical (unpaired) electrons. The predicted octanol–water partition coefficient (Wildman–Crippen LogP) is 20.0. The van der Waals surface area contributed by atoms with Gasteiger partial charge in [-0.1, -0.05) is 187 Å². The fraction of sp³-hybridized carbons (Fsp3) is 0.0149. The molecular formula is C67H44N2S2. The van der Waals surface area contributed by atoms with Crippen molar-refractivity contribution in [2.75, 3.05) is 9.80 Å². The average Bonchev–Trinajstić information content (AvgIpc) is 3.43. The molecule has 12 aromatic carbocycles. The molecule has 0 fully saturated rings. The number of rotatable bonds is 8. The van der Waals surface area contributed by atoms with E-state index in [1.807, 2.05) is 23.5 Å². The summed E-state index contributed by atoms with van der Waals surface area (Å²) in [6, 6.07) is 91.3. The minimum Gasteiger partial charge on any atom is -0.310 e. The summed E-state index contributed by atoms with van der Waals surface area (Å²) < 4.78 is 0. The number of aryl methyl sites for hydroxylation is 1. The summed E-state index contributed by atoms with van der Waals surface area (Å²) in [5, 5.41) is 7.77. The topological polar surface area (TPSA) is 6.48 Å². The van der Waals surface area contributed by atoms with Gasteiger partial charge in [0.2, 0.25) is 0 Å². The third-order valence-corrected chi connectivity index (χ3v) is 16.6. The highest BCUT2D eigenvalue weighted by Crippen LogP contribution is 2.58. The molecule has 0 atom stereocenters. The average molecular weight is 941 g/mol. The van der Waals surface area contributed by atoms with Crippen LogP contribution in [0.15, 0.2) is 268 Å². The van der Waals surface area contributed by atoms with E-state index >= 15 is 0 Å². The number of para-hydroxylation sites is 2. The first-order chi connectivity index (χ1) is 35.1. The van der Waals surface area contributed by atoms with Crippen LogP contribution in [0.4, 0.5) is 34.1 Å². The van der Waals surface area contributed by atoms with E-state index in [1.54, 1.807) is 0 Å². The van der Waals surface area contributed by atoms with Crippen molar-refractivity contribution in [3.63, 3.8) is 0 Å². The van der Waals surface area contributed by atoms with E-state index in [0.29, 0.717) is 0 Å². The molecule has 0 bridgehead atoms. The second-order valence-electron chi connectivity index (χ2n) is 18.5. The maximum atomic E-state index is 2.45. The highest BCUT2D eigenvalue weighted by Gasteiger charge is 2.30. The molecule has 0 unspecified atom stereocenters. The summed E-state index contributed by atoms with van der Waals surface area (Å²) >= 11 is 3.79. The van der Waals surface area contributed by atoms with Crippen LogP contribution in [-0.2, 0) is 0 Å². The first-order valence-electron chi connectivity index (χ1n) is 24.2. The molecule has 4 heteroatoms. The Bertz CT molecular complexity index is 4040. The van der Waals surface area contributed by atoms with Crippen molar-refractivity contribution in [3.05, 3.63) is 254 Å². The molecule has 0 N–H and O–H groups in total. The molecule has 14 rings (SSSR count). The van der Waals surface area contributed by atoms with Gasteiger partial charge in [0.05, 0.1) is 0 Å². The van der Waals surface area contributed by atoms with Crippen LogP contribution in [0.5, 0.6) is 0 Å². The van der Waals surface area contributed by atoms with E-state index < -0.39 is 0 Å². The third-order valence-electron chi connectivity index (χ3n) is 14.3. The summed E-state index contributed by atoms with van der Waals surface area (Å²) in [7, 11) is 0. The maximum absolute atomic E-state index is 2.45. The lowest BCUT2D eigenvalue weighted by atomic mass is 9.87. The normalized spacial score (nSPS) is 12.2. The van der Waals surface area contributed by atoms with Crippen LogP contribution in [0.3, 0.4) is 0 Å². The zero-order valence-corrected chi connectivity index (χ0v) is 40.5. The summed E-state index contributed by atoms with van der Waals surface area (Å²) in [6.07, 6.45) is 0. The maximum Gasteiger partial charge on any atom is 0.0473 e. The molecule has 0 spiro atoms. The minimum atomic E-state index is 1.12. The Balaban J connectivity index is 0.823. The number of benzene rings is 12. The van der Waals surface area contributed by atoms with Crippen molar-refractivity contribution in [2.45, 2.75) is 26.5 Å². The largest absolute Gasteiger partial charge is 0.310 e. The van der Waals surface area contributed by atoms with Crippen LogP contribution in [0.25, 0.3) is 76.8 Å². The van der Waals surface area contributed by atoms with Crippen LogP contribution in [0.2, 0.25) is 0 Å². The molecule has 2 nitrogen and oxygen atoms in total. The Morgan fingerprint density at radius 2 is 0.704 bits per heavy atom. The first-order valence-corrected chi connectivity index (χ1v) is 25.9. The van der Waals surface area contributed by atoms with Gasteiger partial charge in [-0.3, -0.25) is 0 Å². The van der Waals surface area contributed by atoms with Gasteiger partial charge in [0, 0.05) is 64.5 Å². The molecule has 12 aromatic rings. The summed E-state index contributed by atoms with van der Waals surface area (Å²) in [5.41, 5.74) is 18.2. The molecule has 71 heavy (non-hydrogen) atoms. The third kappa shape index (κ3) is 7.05. The number of fused-ring (bicyclic) bond motifs is 6. The van der Waals surface area contributed by atoms with E-state index in [-0.39, 0.29) is 0 Å². The number of nitrogens with zero attached hydrogens (tertiary/aromatic N) is 2. The molecule has 2 aliphatic heterocycles. The zero-order chi connectivity index (χ0) is 47.0. The number of hydrogen-bond donors (Lipinski definition) is 0. The molecule has 2 heterocycles. The van der Waals surface area contributed by atoms with Crippen LogP contribution in [0.1, 0.15) is 5.56 Å². The second kappa shape index (κ2) is 17.0. The number of anilines is 6. The van der Waals surface area contributed by atoms with E-state index in [0.717, 1.165) is 34.1 Å². The molecule has 0 aromatic heterocycles. The van der Waals surface area contributed by atoms with Crippen molar-refractivity contribution in [1.82, 2.24) is 0 Å². The van der Waals surface area contributed by atoms with Gasteiger partial charge in [-0.05, 0) is 163 Å². The molecule has 0 amide bonds. The monoisotopic (exact) mass is 940 g/mol. The van der Waals surface area contributed by atoms with Gasteiger partial charge in [0.1, 0.15) is 0 Å². The fourth-order valence-corrected chi connectivity index (χ4v) is 13.4. The van der Waals surface area contributed by atoms with Gasteiger partial charge in [0.15, 0.2) is 0 Å². The van der Waals surface area contributed by atoms with E-state index in [1.165, 1.54) is 102 Å². The van der Waals surface area contributed by atoms with Crippen molar-refractivity contribution in [2.24, 2.45) is 0 Å². The highest BCUT2D eigenvalue weighted by molar-refractivity contribution is 8.00. The van der Waals surface area contributed by atoms with E-state index in [4.69, 9.17) is 0 Å². The van der Waals surface area contributed by atoms with Gasteiger partial charge < -0.3 is 9.80 Å². The van der Waals surface area contributed by atoms with E-state index in [9.17, 15) is 0 Å². The zero-order valence-electron chi connectivity index (χ0n) is 38.9. The van der Waals surface area contributed by atoms with Crippen LogP contribution in [0, 0.1) is 6.92 Å². The Morgan fingerprint density at radius 1 is 0.282 bits per heavy atom. The van der Waals surface area contributed by atoms with Crippen LogP contribution in [-0.4, -0.2) is 0 Å². The fourth-order valence-electron chi connectivity index (χ4n) is 11.1. The van der Waals surface area contributed by atoms with Gasteiger partial charge >= 0.3 is 0 Å². The Morgan fingerprint density at radius 3 is 1.24 bits per heavy atom. The summed E-state index contributed by atoms with van der Waals surface area (Å²) in [4.78, 5) is 9.93. The number of hydrogen-bond acceptors (Lipinski definition) is 4. The first kappa shape index (κ1) is 41.7.